The van der Waals surface area contributed by atoms with Crippen molar-refractivity contribution in [2.24, 2.45) is 0 Å². The SMILES string of the molecule is CC1=CC2(CCN(c3ccnc4[nH]ncc34)CC2)OCC1. The molecule has 5 nitrogen and oxygen atoms in total. The lowest BCUT2D eigenvalue weighted by molar-refractivity contribution is -0.0325. The number of aromatic nitrogens is 3. The third-order valence-electron chi connectivity index (χ3n) is 4.68. The number of rotatable bonds is 1. The molecule has 0 aromatic carbocycles. The number of nitrogens with zero attached hydrogens (tertiary/aromatic N) is 3. The van der Waals surface area contributed by atoms with E-state index in [2.05, 4.69) is 39.1 Å². The van der Waals surface area contributed by atoms with E-state index in [1.165, 1.54) is 11.3 Å². The summed E-state index contributed by atoms with van der Waals surface area (Å²) in [6.45, 7) is 5.10. The van der Waals surface area contributed by atoms with Gasteiger partial charge < -0.3 is 9.64 Å². The summed E-state index contributed by atoms with van der Waals surface area (Å²) >= 11 is 0. The minimum Gasteiger partial charge on any atom is -0.371 e. The molecule has 1 fully saturated rings. The Balaban J connectivity index is 1.58. The molecule has 0 aliphatic carbocycles. The number of fused-ring (bicyclic) bond motifs is 1. The molecule has 2 aromatic heterocycles. The molecular formula is C16H20N4O. The van der Waals surface area contributed by atoms with Crippen molar-refractivity contribution in [3.63, 3.8) is 0 Å². The highest BCUT2D eigenvalue weighted by Gasteiger charge is 2.35. The Morgan fingerprint density at radius 2 is 2.19 bits per heavy atom. The summed E-state index contributed by atoms with van der Waals surface area (Å²) in [5.74, 6) is 0. The molecule has 5 heteroatoms. The van der Waals surface area contributed by atoms with E-state index >= 15 is 0 Å². The molecule has 110 valence electrons. The van der Waals surface area contributed by atoms with Crippen molar-refractivity contribution in [2.75, 3.05) is 24.6 Å². The first-order valence-electron chi connectivity index (χ1n) is 7.61. The molecule has 0 amide bonds. The van der Waals surface area contributed by atoms with Gasteiger partial charge in [0.05, 0.1) is 29.5 Å². The minimum atomic E-state index is -0.0264. The predicted octanol–water partition coefficient (Wildman–Crippen LogP) is 2.66. The highest BCUT2D eigenvalue weighted by Crippen LogP contribution is 2.35. The maximum absolute atomic E-state index is 6.10. The molecule has 2 aromatic rings. The lowest BCUT2D eigenvalue weighted by Crippen LogP contribution is -2.46. The zero-order valence-electron chi connectivity index (χ0n) is 12.3. The fraction of sp³-hybridized carbons (Fsp3) is 0.500. The summed E-state index contributed by atoms with van der Waals surface area (Å²) < 4.78 is 6.10. The van der Waals surface area contributed by atoms with Crippen LogP contribution in [0.3, 0.4) is 0 Å². The standard InChI is InChI=1S/C16H20N4O/c1-12-3-9-21-16(10-12)4-7-20(8-5-16)14-2-6-17-15-13(14)11-18-19-15/h2,6,10-11H,3-5,7-9H2,1H3,(H,17,18,19). The molecule has 0 radical (unpaired) electrons. The van der Waals surface area contributed by atoms with Crippen molar-refractivity contribution in [3.8, 4) is 0 Å². The van der Waals surface area contributed by atoms with Gasteiger partial charge >= 0.3 is 0 Å². The van der Waals surface area contributed by atoms with Gasteiger partial charge in [-0.15, -0.1) is 0 Å². The molecular weight excluding hydrogens is 264 g/mol. The van der Waals surface area contributed by atoms with Crippen LogP contribution in [0.5, 0.6) is 0 Å². The molecule has 0 atom stereocenters. The number of piperidine rings is 1. The molecule has 1 spiro atoms. The van der Waals surface area contributed by atoms with Crippen molar-refractivity contribution in [1.29, 1.82) is 0 Å². The zero-order valence-corrected chi connectivity index (χ0v) is 12.3. The third kappa shape index (κ3) is 2.21. The van der Waals surface area contributed by atoms with Crippen molar-refractivity contribution in [2.45, 2.75) is 31.8 Å². The van der Waals surface area contributed by atoms with E-state index in [0.717, 1.165) is 50.0 Å². The van der Waals surface area contributed by atoms with Crippen LogP contribution in [0.25, 0.3) is 11.0 Å². The van der Waals surface area contributed by atoms with Gasteiger partial charge in [-0.2, -0.15) is 5.10 Å². The van der Waals surface area contributed by atoms with Crippen LogP contribution in [0.4, 0.5) is 5.69 Å². The lowest BCUT2D eigenvalue weighted by Gasteiger charge is -2.43. The molecule has 2 aliphatic rings. The Bertz CT molecular complexity index is 682. The number of pyridine rings is 1. The van der Waals surface area contributed by atoms with E-state index < -0.39 is 0 Å². The summed E-state index contributed by atoms with van der Waals surface area (Å²) in [5, 5.41) is 8.14. The molecule has 21 heavy (non-hydrogen) atoms. The predicted molar refractivity (Wildman–Crippen MR) is 82.4 cm³/mol. The average Bonchev–Trinajstić information content (AvgIpc) is 2.96. The number of hydrogen-bond acceptors (Lipinski definition) is 4. The van der Waals surface area contributed by atoms with Crippen LogP contribution in [-0.4, -0.2) is 40.5 Å². The van der Waals surface area contributed by atoms with Crippen LogP contribution in [0.2, 0.25) is 0 Å². The largest absolute Gasteiger partial charge is 0.371 e. The summed E-state index contributed by atoms with van der Waals surface area (Å²) in [4.78, 5) is 6.73. The Labute approximate surface area is 124 Å². The maximum atomic E-state index is 6.10. The number of H-pyrrole nitrogens is 1. The molecule has 4 heterocycles. The van der Waals surface area contributed by atoms with Gasteiger partial charge in [0.2, 0.25) is 0 Å². The molecule has 0 unspecified atom stereocenters. The Morgan fingerprint density at radius 3 is 3.00 bits per heavy atom. The molecule has 2 aliphatic heterocycles. The first-order valence-corrected chi connectivity index (χ1v) is 7.61. The van der Waals surface area contributed by atoms with E-state index in [9.17, 15) is 0 Å². The smallest absolute Gasteiger partial charge is 0.157 e. The monoisotopic (exact) mass is 284 g/mol. The number of hydrogen-bond donors (Lipinski definition) is 1. The maximum Gasteiger partial charge on any atom is 0.157 e. The second-order valence-corrected chi connectivity index (χ2v) is 6.10. The first-order chi connectivity index (χ1) is 10.3. The van der Waals surface area contributed by atoms with Gasteiger partial charge in [-0.05, 0) is 32.3 Å². The third-order valence-corrected chi connectivity index (χ3v) is 4.68. The molecule has 0 bridgehead atoms. The van der Waals surface area contributed by atoms with Crippen molar-refractivity contribution in [3.05, 3.63) is 30.1 Å². The van der Waals surface area contributed by atoms with Gasteiger partial charge in [0.25, 0.3) is 0 Å². The summed E-state index contributed by atoms with van der Waals surface area (Å²) in [5.41, 5.74) is 3.52. The van der Waals surface area contributed by atoms with E-state index in [1.807, 2.05) is 12.4 Å². The molecule has 4 rings (SSSR count). The van der Waals surface area contributed by atoms with Gasteiger partial charge in [-0.1, -0.05) is 11.6 Å². The number of nitrogens with one attached hydrogen (secondary N) is 1. The van der Waals surface area contributed by atoms with E-state index in [4.69, 9.17) is 4.74 Å². The van der Waals surface area contributed by atoms with Crippen LogP contribution >= 0.6 is 0 Å². The topological polar surface area (TPSA) is 54.0 Å². The number of anilines is 1. The summed E-state index contributed by atoms with van der Waals surface area (Å²) in [6.07, 6.45) is 9.24. The second-order valence-electron chi connectivity index (χ2n) is 6.10. The zero-order chi connectivity index (χ0) is 14.3. The van der Waals surface area contributed by atoms with Gasteiger partial charge in [0.1, 0.15) is 0 Å². The fourth-order valence-corrected chi connectivity index (χ4v) is 3.51. The second kappa shape index (κ2) is 4.84. The Morgan fingerprint density at radius 1 is 1.33 bits per heavy atom. The normalized spacial score (nSPS) is 21.8. The number of ether oxygens (including phenoxy) is 1. The quantitative estimate of drug-likeness (QED) is 0.818. The van der Waals surface area contributed by atoms with Crippen LogP contribution < -0.4 is 4.90 Å². The van der Waals surface area contributed by atoms with Gasteiger partial charge in [-0.25, -0.2) is 4.98 Å². The van der Waals surface area contributed by atoms with Crippen LogP contribution in [0, 0.1) is 0 Å². The average molecular weight is 284 g/mol. The highest BCUT2D eigenvalue weighted by atomic mass is 16.5. The van der Waals surface area contributed by atoms with Crippen LogP contribution in [0.15, 0.2) is 30.1 Å². The summed E-state index contributed by atoms with van der Waals surface area (Å²) in [6, 6.07) is 2.08. The minimum absolute atomic E-state index is 0.0264. The highest BCUT2D eigenvalue weighted by molar-refractivity contribution is 5.88. The van der Waals surface area contributed by atoms with E-state index in [0.29, 0.717) is 0 Å². The van der Waals surface area contributed by atoms with Gasteiger partial charge in [0.15, 0.2) is 5.65 Å². The van der Waals surface area contributed by atoms with Crippen molar-refractivity contribution >= 4 is 16.7 Å². The van der Waals surface area contributed by atoms with Crippen LogP contribution in [0.1, 0.15) is 26.2 Å². The number of aromatic amines is 1. The van der Waals surface area contributed by atoms with Gasteiger partial charge in [-0.3, -0.25) is 5.10 Å². The van der Waals surface area contributed by atoms with Crippen LogP contribution in [-0.2, 0) is 4.74 Å². The Hall–Kier alpha value is -1.88. The molecule has 1 N–H and O–H groups in total. The Kier molecular flexibility index (Phi) is 2.96. The molecule has 1 saturated heterocycles. The van der Waals surface area contributed by atoms with E-state index in [1.54, 1.807) is 0 Å². The fourth-order valence-electron chi connectivity index (χ4n) is 3.51. The van der Waals surface area contributed by atoms with E-state index in [-0.39, 0.29) is 5.60 Å². The van der Waals surface area contributed by atoms with Crippen molar-refractivity contribution in [1.82, 2.24) is 15.2 Å². The van der Waals surface area contributed by atoms with Gasteiger partial charge in [0, 0.05) is 19.3 Å². The lowest BCUT2D eigenvalue weighted by atomic mass is 9.87. The van der Waals surface area contributed by atoms with Crippen molar-refractivity contribution < 1.29 is 4.74 Å². The summed E-state index contributed by atoms with van der Waals surface area (Å²) in [7, 11) is 0. The first kappa shape index (κ1) is 12.8. The molecule has 0 saturated carbocycles.